The van der Waals surface area contributed by atoms with Crippen molar-refractivity contribution in [2.24, 2.45) is 0 Å². The van der Waals surface area contributed by atoms with Gasteiger partial charge in [0.25, 0.3) is 0 Å². The zero-order valence-electron chi connectivity index (χ0n) is 12.7. The van der Waals surface area contributed by atoms with Gasteiger partial charge in [-0.3, -0.25) is 0 Å². The minimum absolute atomic E-state index is 0.559. The molecule has 2 nitrogen and oxygen atoms in total. The SMILES string of the molecule is S=C(Nc1ccccc1)N1CCCC1CCc1ccccc1. The van der Waals surface area contributed by atoms with E-state index in [0.29, 0.717) is 6.04 Å². The van der Waals surface area contributed by atoms with E-state index in [1.807, 2.05) is 18.2 Å². The Balaban J connectivity index is 1.57. The molecule has 22 heavy (non-hydrogen) atoms. The van der Waals surface area contributed by atoms with Gasteiger partial charge in [-0.1, -0.05) is 48.5 Å². The molecular weight excluding hydrogens is 288 g/mol. The van der Waals surface area contributed by atoms with Gasteiger partial charge < -0.3 is 10.2 Å². The first-order valence-corrected chi connectivity index (χ1v) is 8.40. The van der Waals surface area contributed by atoms with Crippen molar-refractivity contribution in [2.45, 2.75) is 31.7 Å². The first kappa shape index (κ1) is 15.0. The van der Waals surface area contributed by atoms with Gasteiger partial charge in [0.2, 0.25) is 0 Å². The maximum absolute atomic E-state index is 5.62. The van der Waals surface area contributed by atoms with Crippen LogP contribution in [0, 0.1) is 0 Å². The van der Waals surface area contributed by atoms with Crippen molar-refractivity contribution in [3.05, 3.63) is 66.2 Å². The third kappa shape index (κ3) is 3.86. The first-order chi connectivity index (χ1) is 10.8. The fraction of sp³-hybridized carbons (Fsp3) is 0.316. The van der Waals surface area contributed by atoms with E-state index in [0.717, 1.165) is 23.8 Å². The van der Waals surface area contributed by atoms with E-state index >= 15 is 0 Å². The lowest BCUT2D eigenvalue weighted by molar-refractivity contribution is 0.374. The van der Waals surface area contributed by atoms with Crippen LogP contribution >= 0.6 is 12.2 Å². The summed E-state index contributed by atoms with van der Waals surface area (Å²) in [5.74, 6) is 0. The maximum atomic E-state index is 5.62. The van der Waals surface area contributed by atoms with Crippen LogP contribution in [0.5, 0.6) is 0 Å². The van der Waals surface area contributed by atoms with Gasteiger partial charge in [-0.2, -0.15) is 0 Å². The lowest BCUT2D eigenvalue weighted by Gasteiger charge is -2.27. The second-order valence-electron chi connectivity index (χ2n) is 5.81. The zero-order valence-corrected chi connectivity index (χ0v) is 13.6. The number of hydrogen-bond donors (Lipinski definition) is 1. The highest BCUT2D eigenvalue weighted by atomic mass is 32.1. The molecule has 1 aliphatic heterocycles. The molecule has 0 radical (unpaired) electrons. The number of thiocarbonyl (C=S) groups is 1. The van der Waals surface area contributed by atoms with Crippen LogP contribution in [-0.2, 0) is 6.42 Å². The van der Waals surface area contributed by atoms with Crippen LogP contribution in [0.2, 0.25) is 0 Å². The summed E-state index contributed by atoms with van der Waals surface area (Å²) in [7, 11) is 0. The van der Waals surface area contributed by atoms with Crippen LogP contribution in [0.15, 0.2) is 60.7 Å². The average molecular weight is 310 g/mol. The number of nitrogens with zero attached hydrogens (tertiary/aromatic N) is 1. The molecule has 3 heteroatoms. The molecule has 1 aliphatic rings. The third-order valence-electron chi connectivity index (χ3n) is 4.27. The normalized spacial score (nSPS) is 17.5. The zero-order chi connectivity index (χ0) is 15.2. The molecule has 1 unspecified atom stereocenters. The Kier molecular flexibility index (Phi) is 5.07. The largest absolute Gasteiger partial charge is 0.346 e. The van der Waals surface area contributed by atoms with Gasteiger partial charge in [0, 0.05) is 18.3 Å². The Morgan fingerprint density at radius 3 is 2.45 bits per heavy atom. The maximum Gasteiger partial charge on any atom is 0.173 e. The van der Waals surface area contributed by atoms with Gasteiger partial charge in [-0.05, 0) is 55.6 Å². The van der Waals surface area contributed by atoms with Gasteiger partial charge in [0.1, 0.15) is 0 Å². The Hall–Kier alpha value is -1.87. The van der Waals surface area contributed by atoms with E-state index < -0.39 is 0 Å². The highest BCUT2D eigenvalue weighted by Gasteiger charge is 2.26. The highest BCUT2D eigenvalue weighted by molar-refractivity contribution is 7.80. The van der Waals surface area contributed by atoms with E-state index in [9.17, 15) is 0 Å². The van der Waals surface area contributed by atoms with E-state index in [-0.39, 0.29) is 0 Å². The molecule has 0 spiro atoms. The predicted octanol–water partition coefficient (Wildman–Crippen LogP) is 4.48. The highest BCUT2D eigenvalue weighted by Crippen LogP contribution is 2.23. The number of benzene rings is 2. The summed E-state index contributed by atoms with van der Waals surface area (Å²) in [6, 6.07) is 21.5. The van der Waals surface area contributed by atoms with Crippen LogP contribution in [-0.4, -0.2) is 22.6 Å². The average Bonchev–Trinajstić information content (AvgIpc) is 3.03. The van der Waals surface area contributed by atoms with Gasteiger partial charge in [0.05, 0.1) is 0 Å². The molecule has 0 saturated carbocycles. The van der Waals surface area contributed by atoms with Gasteiger partial charge in [-0.25, -0.2) is 0 Å². The van der Waals surface area contributed by atoms with Crippen LogP contribution in [0.1, 0.15) is 24.8 Å². The standard InChI is InChI=1S/C19H22N2S/c22-19(20-17-10-5-2-6-11-17)21-15-7-12-18(21)14-13-16-8-3-1-4-9-16/h1-6,8-11,18H,7,12-15H2,(H,20,22). The summed E-state index contributed by atoms with van der Waals surface area (Å²) in [5, 5.41) is 4.23. The fourth-order valence-electron chi connectivity index (χ4n) is 3.10. The lowest BCUT2D eigenvalue weighted by Crippen LogP contribution is -2.38. The third-order valence-corrected chi connectivity index (χ3v) is 4.61. The quantitative estimate of drug-likeness (QED) is 0.838. The van der Waals surface area contributed by atoms with Crippen molar-refractivity contribution in [3.8, 4) is 0 Å². The Morgan fingerprint density at radius 1 is 1.05 bits per heavy atom. The number of aryl methyl sites for hydroxylation is 1. The molecule has 3 rings (SSSR count). The Bertz CT molecular complexity index is 597. The number of para-hydroxylation sites is 1. The van der Waals surface area contributed by atoms with Crippen LogP contribution < -0.4 is 5.32 Å². The lowest BCUT2D eigenvalue weighted by atomic mass is 10.0. The van der Waals surface area contributed by atoms with E-state index in [2.05, 4.69) is 52.7 Å². The molecule has 1 fully saturated rings. The number of nitrogens with one attached hydrogen (secondary N) is 1. The molecule has 1 heterocycles. The molecular formula is C19H22N2S. The van der Waals surface area contributed by atoms with Crippen LogP contribution in [0.4, 0.5) is 5.69 Å². The van der Waals surface area contributed by atoms with Gasteiger partial charge in [-0.15, -0.1) is 0 Å². The monoisotopic (exact) mass is 310 g/mol. The molecule has 2 aromatic rings. The van der Waals surface area contributed by atoms with E-state index in [4.69, 9.17) is 12.2 Å². The van der Waals surface area contributed by atoms with Crippen LogP contribution in [0.3, 0.4) is 0 Å². The van der Waals surface area contributed by atoms with Crippen LogP contribution in [0.25, 0.3) is 0 Å². The Morgan fingerprint density at radius 2 is 1.73 bits per heavy atom. The fourth-order valence-corrected chi connectivity index (χ4v) is 3.46. The van der Waals surface area contributed by atoms with Gasteiger partial charge in [0.15, 0.2) is 5.11 Å². The second kappa shape index (κ2) is 7.41. The van der Waals surface area contributed by atoms with Crippen molar-refractivity contribution < 1.29 is 0 Å². The minimum Gasteiger partial charge on any atom is -0.346 e. The van der Waals surface area contributed by atoms with Crippen molar-refractivity contribution in [1.29, 1.82) is 0 Å². The predicted molar refractivity (Wildman–Crippen MR) is 97.2 cm³/mol. The minimum atomic E-state index is 0.559. The van der Waals surface area contributed by atoms with E-state index in [1.54, 1.807) is 0 Å². The summed E-state index contributed by atoms with van der Waals surface area (Å²) >= 11 is 5.62. The Labute approximate surface area is 138 Å². The summed E-state index contributed by atoms with van der Waals surface area (Å²) in [6.07, 6.45) is 4.76. The van der Waals surface area contributed by atoms with Crippen molar-refractivity contribution in [2.75, 3.05) is 11.9 Å². The summed E-state index contributed by atoms with van der Waals surface area (Å²) < 4.78 is 0. The van der Waals surface area contributed by atoms with Crippen molar-refractivity contribution in [3.63, 3.8) is 0 Å². The molecule has 1 atom stereocenters. The number of anilines is 1. The topological polar surface area (TPSA) is 15.3 Å². The van der Waals surface area contributed by atoms with Gasteiger partial charge >= 0.3 is 0 Å². The number of likely N-dealkylation sites (tertiary alicyclic amines) is 1. The number of rotatable bonds is 4. The summed E-state index contributed by atoms with van der Waals surface area (Å²) in [4.78, 5) is 2.37. The molecule has 1 N–H and O–H groups in total. The second-order valence-corrected chi connectivity index (χ2v) is 6.20. The molecule has 2 aromatic carbocycles. The number of hydrogen-bond acceptors (Lipinski definition) is 1. The molecule has 0 aromatic heterocycles. The smallest absolute Gasteiger partial charge is 0.173 e. The molecule has 114 valence electrons. The molecule has 1 saturated heterocycles. The van der Waals surface area contributed by atoms with Crippen molar-refractivity contribution in [1.82, 2.24) is 4.90 Å². The molecule has 0 amide bonds. The molecule has 0 aliphatic carbocycles. The summed E-state index contributed by atoms with van der Waals surface area (Å²) in [5.41, 5.74) is 2.48. The molecule has 0 bridgehead atoms. The van der Waals surface area contributed by atoms with E-state index in [1.165, 1.54) is 24.8 Å². The van der Waals surface area contributed by atoms with Crippen molar-refractivity contribution >= 4 is 23.0 Å². The first-order valence-electron chi connectivity index (χ1n) is 7.99. The summed E-state index contributed by atoms with van der Waals surface area (Å²) in [6.45, 7) is 1.07.